The smallest absolute Gasteiger partial charge is 0.438 e. The topological polar surface area (TPSA) is 92.7 Å². The van der Waals surface area contributed by atoms with Gasteiger partial charge in [-0.25, -0.2) is 8.42 Å². The first-order chi connectivity index (χ1) is 12.3. The van der Waals surface area contributed by atoms with Gasteiger partial charge in [-0.3, -0.25) is 4.79 Å². The molecular formula is C14H23F6O6SSi-. The molecule has 0 aromatic carbocycles. The van der Waals surface area contributed by atoms with Gasteiger partial charge >= 0.3 is 23.9 Å². The molecule has 0 radical (unpaired) electrons. The van der Waals surface area contributed by atoms with Crippen LogP contribution in [0.25, 0.3) is 0 Å². The molecule has 6 nitrogen and oxygen atoms in total. The molecule has 14 heteroatoms. The lowest BCUT2D eigenvalue weighted by Gasteiger charge is -2.37. The quantitative estimate of drug-likeness (QED) is 0.213. The van der Waals surface area contributed by atoms with E-state index in [0.717, 1.165) is 0 Å². The first kappa shape index (κ1) is 27.1. The standard InChI is InChI=1S/C14H24F6O6SSi/c1-5-10(28(3,4)25-2)7-6-8-11(21)26-12(13(15,16)17,14(18,19)20)9-27(22,23)24/h10H,5-9H2,1-4H3,(H,22,23,24)/p-1. The van der Waals surface area contributed by atoms with Crippen molar-refractivity contribution in [1.82, 2.24) is 0 Å². The van der Waals surface area contributed by atoms with Crippen LogP contribution in [0.4, 0.5) is 26.3 Å². The first-order valence-corrected chi connectivity index (χ1v) is 12.7. The maximum absolute atomic E-state index is 13.1. The normalized spacial score (nSPS) is 15.4. The zero-order chi connectivity index (χ0) is 22.6. The lowest BCUT2D eigenvalue weighted by Crippen LogP contribution is -2.63. The van der Waals surface area contributed by atoms with E-state index in [-0.39, 0.29) is 12.0 Å². The molecule has 1 unspecified atom stereocenters. The molecule has 0 rings (SSSR count). The first-order valence-electron chi connectivity index (χ1n) is 8.17. The highest BCUT2D eigenvalue weighted by Crippen LogP contribution is 2.47. The van der Waals surface area contributed by atoms with Crippen LogP contribution >= 0.6 is 0 Å². The second kappa shape index (κ2) is 9.30. The second-order valence-electron chi connectivity index (χ2n) is 6.80. The number of carbonyl (C=O) groups excluding carboxylic acids is 1. The Bertz CT molecular complexity index is 617. The van der Waals surface area contributed by atoms with E-state index < -0.39 is 54.5 Å². The van der Waals surface area contributed by atoms with Gasteiger partial charge in [-0.2, -0.15) is 26.3 Å². The SMILES string of the molecule is CCC(CCCC(=O)OC(CS(=O)(=O)[O-])(C(F)(F)F)C(F)(F)F)[Si](C)(C)OC. The lowest BCUT2D eigenvalue weighted by molar-refractivity contribution is -0.361. The molecule has 0 aliphatic rings. The van der Waals surface area contributed by atoms with Gasteiger partial charge in [-0.05, 0) is 25.1 Å². The number of hydrogen-bond acceptors (Lipinski definition) is 6. The Morgan fingerprint density at radius 1 is 1.11 bits per heavy atom. The number of halogens is 6. The predicted octanol–water partition coefficient (Wildman–Crippen LogP) is 3.74. The van der Waals surface area contributed by atoms with Crippen molar-refractivity contribution in [3.8, 4) is 0 Å². The highest BCUT2D eigenvalue weighted by atomic mass is 32.2. The van der Waals surface area contributed by atoms with Crippen LogP contribution in [0.15, 0.2) is 0 Å². The average molecular weight is 461 g/mol. The molecular weight excluding hydrogens is 438 g/mol. The van der Waals surface area contributed by atoms with E-state index in [9.17, 15) is 44.1 Å². The summed E-state index contributed by atoms with van der Waals surface area (Å²) in [7, 11) is -6.69. The third-order valence-electron chi connectivity index (χ3n) is 4.52. The Morgan fingerprint density at radius 2 is 1.57 bits per heavy atom. The molecule has 28 heavy (non-hydrogen) atoms. The number of hydrogen-bond donors (Lipinski definition) is 0. The zero-order valence-corrected chi connectivity index (χ0v) is 17.6. The molecule has 0 spiro atoms. The fourth-order valence-electron chi connectivity index (χ4n) is 2.67. The van der Waals surface area contributed by atoms with Crippen LogP contribution < -0.4 is 0 Å². The maximum Gasteiger partial charge on any atom is 0.438 e. The minimum absolute atomic E-state index is 0.0118. The summed E-state index contributed by atoms with van der Waals surface area (Å²) in [5, 5.41) is 0. The van der Waals surface area contributed by atoms with Crippen molar-refractivity contribution < 1.29 is 53.3 Å². The van der Waals surface area contributed by atoms with E-state index in [1.807, 2.05) is 20.0 Å². The molecule has 0 bridgehead atoms. The van der Waals surface area contributed by atoms with Gasteiger partial charge in [0.1, 0.15) is 0 Å². The van der Waals surface area contributed by atoms with E-state index in [1.165, 1.54) is 7.11 Å². The molecule has 0 saturated carbocycles. The Morgan fingerprint density at radius 3 is 1.89 bits per heavy atom. The highest BCUT2D eigenvalue weighted by Gasteiger charge is 2.75. The van der Waals surface area contributed by atoms with Crippen LogP contribution in [-0.4, -0.2) is 58.1 Å². The molecule has 0 amide bonds. The molecule has 0 fully saturated rings. The fourth-order valence-corrected chi connectivity index (χ4v) is 5.77. The van der Waals surface area contributed by atoms with Crippen LogP contribution in [0.1, 0.15) is 32.6 Å². The molecule has 0 aromatic rings. The summed E-state index contributed by atoms with van der Waals surface area (Å²) in [6, 6.07) is 0. The minimum atomic E-state index is -6.35. The highest BCUT2D eigenvalue weighted by molar-refractivity contribution is 7.85. The maximum atomic E-state index is 13.1. The molecule has 0 saturated heterocycles. The van der Waals surface area contributed by atoms with Gasteiger partial charge in [-0.1, -0.05) is 19.8 Å². The molecule has 0 aliphatic heterocycles. The van der Waals surface area contributed by atoms with Crippen LogP contribution in [-0.2, 0) is 24.1 Å². The number of rotatable bonds is 10. The minimum Gasteiger partial charge on any atom is -0.748 e. The molecule has 0 aromatic heterocycles. The van der Waals surface area contributed by atoms with Gasteiger partial charge in [0.05, 0.1) is 15.9 Å². The van der Waals surface area contributed by atoms with E-state index in [1.54, 1.807) is 0 Å². The van der Waals surface area contributed by atoms with Crippen molar-refractivity contribution in [3.63, 3.8) is 0 Å². The molecule has 168 valence electrons. The molecule has 0 aliphatic carbocycles. The van der Waals surface area contributed by atoms with Gasteiger partial charge in [-0.15, -0.1) is 0 Å². The van der Waals surface area contributed by atoms with Crippen molar-refractivity contribution in [2.75, 3.05) is 12.9 Å². The Kier molecular flexibility index (Phi) is 9.01. The monoisotopic (exact) mass is 461 g/mol. The number of ether oxygens (including phenoxy) is 1. The Hall–Kier alpha value is -0.863. The van der Waals surface area contributed by atoms with Crippen LogP contribution in [0, 0.1) is 0 Å². The van der Waals surface area contributed by atoms with Gasteiger partial charge < -0.3 is 13.7 Å². The second-order valence-corrected chi connectivity index (χ2v) is 12.6. The summed E-state index contributed by atoms with van der Waals surface area (Å²) in [5.41, 5.74) is -5.43. The van der Waals surface area contributed by atoms with Crippen LogP contribution in [0.3, 0.4) is 0 Å². The van der Waals surface area contributed by atoms with E-state index in [4.69, 9.17) is 4.43 Å². The summed E-state index contributed by atoms with van der Waals surface area (Å²) >= 11 is 0. The van der Waals surface area contributed by atoms with Crippen molar-refractivity contribution in [1.29, 1.82) is 0 Å². The predicted molar refractivity (Wildman–Crippen MR) is 87.9 cm³/mol. The van der Waals surface area contributed by atoms with Crippen LogP contribution in [0.5, 0.6) is 0 Å². The average Bonchev–Trinajstić information content (AvgIpc) is 2.47. The van der Waals surface area contributed by atoms with Crippen molar-refractivity contribution in [2.45, 2.75) is 69.2 Å². The third-order valence-corrected chi connectivity index (χ3v) is 9.00. The number of carbonyl (C=O) groups is 1. The van der Waals surface area contributed by atoms with Gasteiger partial charge in [0, 0.05) is 13.5 Å². The lowest BCUT2D eigenvalue weighted by atomic mass is 10.1. The fraction of sp³-hybridized carbons (Fsp3) is 0.929. The van der Waals surface area contributed by atoms with E-state index in [2.05, 4.69) is 4.74 Å². The summed E-state index contributed by atoms with van der Waals surface area (Å²) in [5.74, 6) is -4.88. The van der Waals surface area contributed by atoms with E-state index in [0.29, 0.717) is 12.8 Å². The summed E-state index contributed by atoms with van der Waals surface area (Å²) in [6.07, 6.45) is -12.7. The van der Waals surface area contributed by atoms with Crippen molar-refractivity contribution >= 4 is 24.4 Å². The summed E-state index contributed by atoms with van der Waals surface area (Å²) in [6.45, 7) is 5.57. The van der Waals surface area contributed by atoms with E-state index >= 15 is 0 Å². The molecule has 0 N–H and O–H groups in total. The van der Waals surface area contributed by atoms with Gasteiger partial charge in [0.15, 0.2) is 8.32 Å². The molecule has 1 atom stereocenters. The van der Waals surface area contributed by atoms with Crippen LogP contribution in [0.2, 0.25) is 18.6 Å². The Balaban J connectivity index is 5.43. The Labute approximate surface area is 160 Å². The summed E-state index contributed by atoms with van der Waals surface area (Å²) in [4.78, 5) is 11.7. The zero-order valence-electron chi connectivity index (χ0n) is 15.7. The van der Waals surface area contributed by atoms with Crippen molar-refractivity contribution in [2.24, 2.45) is 0 Å². The van der Waals surface area contributed by atoms with Crippen molar-refractivity contribution in [3.05, 3.63) is 0 Å². The van der Waals surface area contributed by atoms with Gasteiger partial charge in [0.2, 0.25) is 0 Å². The number of alkyl halides is 6. The number of esters is 1. The largest absolute Gasteiger partial charge is 0.748 e. The third kappa shape index (κ3) is 7.19. The summed E-state index contributed by atoms with van der Waals surface area (Å²) < 4.78 is 119. The van der Waals surface area contributed by atoms with Gasteiger partial charge in [0.25, 0.3) is 0 Å². The molecule has 0 heterocycles.